The summed E-state index contributed by atoms with van der Waals surface area (Å²) in [6.07, 6.45) is 0.596. The minimum Gasteiger partial charge on any atom is -0.497 e. The Bertz CT molecular complexity index is 496. The van der Waals surface area contributed by atoms with E-state index in [2.05, 4.69) is 0 Å². The van der Waals surface area contributed by atoms with Gasteiger partial charge in [0, 0.05) is 0 Å². The highest BCUT2D eigenvalue weighted by Gasteiger charge is 2.29. The fourth-order valence-corrected chi connectivity index (χ4v) is 3.74. The van der Waals surface area contributed by atoms with E-state index in [0.29, 0.717) is 23.6 Å². The molecule has 1 heterocycles. The molecule has 2 N–H and O–H groups in total. The van der Waals surface area contributed by atoms with Crippen LogP contribution in [0.5, 0.6) is 5.75 Å². The number of ether oxygens (including phenoxy) is 1. The van der Waals surface area contributed by atoms with Gasteiger partial charge in [0.1, 0.15) is 5.75 Å². The number of nitrogens with two attached hydrogens (primary N) is 1. The van der Waals surface area contributed by atoms with Crippen molar-refractivity contribution in [1.82, 2.24) is 0 Å². The quantitative estimate of drug-likeness (QED) is 0.835. The zero-order valence-electron chi connectivity index (χ0n) is 9.14. The molecule has 2 rings (SSSR count). The molecule has 16 heavy (non-hydrogen) atoms. The number of fused-ring (bicyclic) bond motifs is 1. The molecule has 0 amide bonds. The number of methoxy groups -OCH3 is 1. The highest BCUT2D eigenvalue weighted by Crippen LogP contribution is 2.35. The van der Waals surface area contributed by atoms with Gasteiger partial charge < -0.3 is 10.5 Å². The molecule has 0 aromatic heterocycles. The first-order valence-electron chi connectivity index (χ1n) is 5.19. The zero-order valence-corrected chi connectivity index (χ0v) is 9.96. The molecule has 0 bridgehead atoms. The molecule has 0 saturated carbocycles. The molecular weight excluding hydrogens is 226 g/mol. The molecule has 1 atom stereocenters. The first kappa shape index (κ1) is 11.4. The summed E-state index contributed by atoms with van der Waals surface area (Å²) in [5, 5.41) is 0. The average molecular weight is 241 g/mol. The van der Waals surface area contributed by atoms with Crippen LogP contribution in [0.2, 0.25) is 0 Å². The van der Waals surface area contributed by atoms with E-state index in [1.807, 2.05) is 0 Å². The number of rotatable bonds is 2. The molecule has 1 aromatic carbocycles. The van der Waals surface area contributed by atoms with Crippen LogP contribution in [0.15, 0.2) is 23.1 Å². The molecule has 1 aliphatic heterocycles. The van der Waals surface area contributed by atoms with Crippen molar-refractivity contribution >= 4 is 9.84 Å². The zero-order chi connectivity index (χ0) is 11.8. The molecule has 1 unspecified atom stereocenters. The molecule has 0 radical (unpaired) electrons. The molecule has 88 valence electrons. The molecule has 0 spiro atoms. The Morgan fingerprint density at radius 3 is 2.88 bits per heavy atom. The van der Waals surface area contributed by atoms with Crippen molar-refractivity contribution < 1.29 is 13.2 Å². The summed E-state index contributed by atoms with van der Waals surface area (Å²) in [5.74, 6) is 0.983. The lowest BCUT2D eigenvalue weighted by atomic mass is 9.96. The van der Waals surface area contributed by atoms with Crippen LogP contribution in [0.1, 0.15) is 17.9 Å². The fraction of sp³-hybridized carbons (Fsp3) is 0.455. The topological polar surface area (TPSA) is 69.4 Å². The lowest BCUT2D eigenvalue weighted by Crippen LogP contribution is -2.24. The van der Waals surface area contributed by atoms with Crippen molar-refractivity contribution in [2.24, 2.45) is 5.73 Å². The van der Waals surface area contributed by atoms with E-state index in [1.165, 1.54) is 0 Å². The summed E-state index contributed by atoms with van der Waals surface area (Å²) in [5.41, 5.74) is 6.46. The monoisotopic (exact) mass is 241 g/mol. The van der Waals surface area contributed by atoms with Crippen molar-refractivity contribution in [1.29, 1.82) is 0 Å². The van der Waals surface area contributed by atoms with Gasteiger partial charge in [0.2, 0.25) is 0 Å². The van der Waals surface area contributed by atoms with Crippen LogP contribution >= 0.6 is 0 Å². The highest BCUT2D eigenvalue weighted by atomic mass is 32.2. The van der Waals surface area contributed by atoms with Crippen LogP contribution < -0.4 is 10.5 Å². The second-order valence-electron chi connectivity index (χ2n) is 3.94. The predicted octanol–water partition coefficient (Wildman–Crippen LogP) is 0.915. The highest BCUT2D eigenvalue weighted by molar-refractivity contribution is 7.91. The minimum absolute atomic E-state index is 0.119. The van der Waals surface area contributed by atoms with Gasteiger partial charge in [-0.1, -0.05) is 0 Å². The summed E-state index contributed by atoms with van der Waals surface area (Å²) in [4.78, 5) is 0.412. The first-order valence-corrected chi connectivity index (χ1v) is 6.84. The summed E-state index contributed by atoms with van der Waals surface area (Å²) < 4.78 is 28.8. The number of benzene rings is 1. The lowest BCUT2D eigenvalue weighted by molar-refractivity contribution is 0.412. The third-order valence-corrected chi connectivity index (χ3v) is 4.83. The van der Waals surface area contributed by atoms with Crippen LogP contribution in [0, 0.1) is 0 Å². The van der Waals surface area contributed by atoms with Gasteiger partial charge in [-0.05, 0) is 42.6 Å². The van der Waals surface area contributed by atoms with Crippen molar-refractivity contribution in [3.63, 3.8) is 0 Å². The van der Waals surface area contributed by atoms with Crippen LogP contribution in [-0.2, 0) is 9.84 Å². The molecule has 1 aromatic rings. The smallest absolute Gasteiger partial charge is 0.178 e. The molecule has 5 heteroatoms. The predicted molar refractivity (Wildman–Crippen MR) is 61.5 cm³/mol. The Hall–Kier alpha value is -1.07. The van der Waals surface area contributed by atoms with Crippen LogP contribution in [0.4, 0.5) is 0 Å². The van der Waals surface area contributed by atoms with Gasteiger partial charge >= 0.3 is 0 Å². The molecule has 0 fully saturated rings. The Morgan fingerprint density at radius 2 is 2.25 bits per heavy atom. The third kappa shape index (κ3) is 1.81. The number of hydrogen-bond donors (Lipinski definition) is 1. The second-order valence-corrected chi connectivity index (χ2v) is 6.02. The van der Waals surface area contributed by atoms with E-state index in [0.717, 1.165) is 5.56 Å². The number of sulfone groups is 1. The van der Waals surface area contributed by atoms with Gasteiger partial charge in [0.15, 0.2) is 9.84 Å². The molecule has 0 saturated heterocycles. The third-order valence-electron chi connectivity index (χ3n) is 3.01. The first-order chi connectivity index (χ1) is 7.58. The summed E-state index contributed by atoms with van der Waals surface area (Å²) in [7, 11) is -1.56. The van der Waals surface area contributed by atoms with Gasteiger partial charge in [-0.3, -0.25) is 0 Å². The van der Waals surface area contributed by atoms with Gasteiger partial charge in [0.05, 0.1) is 17.8 Å². The average Bonchev–Trinajstić information content (AvgIpc) is 2.28. The maximum atomic E-state index is 11.9. The maximum absolute atomic E-state index is 11.9. The van der Waals surface area contributed by atoms with Crippen molar-refractivity contribution in [2.75, 3.05) is 19.4 Å². The van der Waals surface area contributed by atoms with E-state index in [-0.39, 0.29) is 11.7 Å². The Labute approximate surface area is 95.3 Å². The summed E-state index contributed by atoms with van der Waals surface area (Å²) in [6, 6.07) is 5.07. The lowest BCUT2D eigenvalue weighted by Gasteiger charge is -2.24. The van der Waals surface area contributed by atoms with Crippen LogP contribution in [-0.4, -0.2) is 27.8 Å². The summed E-state index contributed by atoms with van der Waals surface area (Å²) >= 11 is 0. The van der Waals surface area contributed by atoms with E-state index in [9.17, 15) is 8.42 Å². The second kappa shape index (κ2) is 4.07. The molecular formula is C11H15NO3S. The Kier molecular flexibility index (Phi) is 2.90. The van der Waals surface area contributed by atoms with Gasteiger partial charge in [-0.15, -0.1) is 0 Å². The number of hydrogen-bond acceptors (Lipinski definition) is 4. The molecule has 0 aliphatic carbocycles. The van der Waals surface area contributed by atoms with Crippen LogP contribution in [0.25, 0.3) is 0 Å². The Morgan fingerprint density at radius 1 is 1.50 bits per heavy atom. The van der Waals surface area contributed by atoms with E-state index in [1.54, 1.807) is 25.3 Å². The van der Waals surface area contributed by atoms with Gasteiger partial charge in [-0.25, -0.2) is 8.42 Å². The standard InChI is InChI=1S/C11H15NO3S/c1-15-9-2-3-11-10(6-9)8(7-12)4-5-16(11,13)14/h2-3,6,8H,4-5,7,12H2,1H3. The van der Waals surface area contributed by atoms with Gasteiger partial charge in [0.25, 0.3) is 0 Å². The Balaban J connectivity index is 2.59. The largest absolute Gasteiger partial charge is 0.497 e. The van der Waals surface area contributed by atoms with Gasteiger partial charge in [-0.2, -0.15) is 0 Å². The maximum Gasteiger partial charge on any atom is 0.178 e. The van der Waals surface area contributed by atoms with E-state index in [4.69, 9.17) is 10.5 Å². The van der Waals surface area contributed by atoms with Crippen LogP contribution in [0.3, 0.4) is 0 Å². The fourth-order valence-electron chi connectivity index (χ4n) is 2.06. The summed E-state index contributed by atoms with van der Waals surface area (Å²) in [6.45, 7) is 0.468. The van der Waals surface area contributed by atoms with Crippen molar-refractivity contribution in [3.8, 4) is 5.75 Å². The van der Waals surface area contributed by atoms with E-state index >= 15 is 0 Å². The SMILES string of the molecule is COc1ccc2c(c1)C(CN)CCS2(=O)=O. The molecule has 1 aliphatic rings. The molecule has 4 nitrogen and oxygen atoms in total. The van der Waals surface area contributed by atoms with E-state index < -0.39 is 9.84 Å². The minimum atomic E-state index is -3.12. The van der Waals surface area contributed by atoms with Crippen molar-refractivity contribution in [2.45, 2.75) is 17.2 Å². The normalized spacial score (nSPS) is 22.5. The van der Waals surface area contributed by atoms with Crippen molar-refractivity contribution in [3.05, 3.63) is 23.8 Å².